The molecule has 0 saturated heterocycles. The molecule has 2 amide bonds. The number of anilines is 2. The van der Waals surface area contributed by atoms with Gasteiger partial charge in [0.2, 0.25) is 0 Å². The largest absolute Gasteiger partial charge is 0.478 e. The number of benzene rings is 3. The molecule has 33 heavy (non-hydrogen) atoms. The highest BCUT2D eigenvalue weighted by Crippen LogP contribution is 2.29. The summed E-state index contributed by atoms with van der Waals surface area (Å²) in [5.74, 6) is -3.19. The Labute approximate surface area is 198 Å². The lowest BCUT2D eigenvalue weighted by molar-refractivity contribution is -0.119. The van der Waals surface area contributed by atoms with Gasteiger partial charge in [-0.25, -0.2) is 9.59 Å². The number of nitrogens with one attached hydrogen (secondary N) is 2. The zero-order valence-electron chi connectivity index (χ0n) is 16.8. The maximum atomic E-state index is 12.4. The third-order valence-corrected chi connectivity index (χ3v) is 5.16. The first kappa shape index (κ1) is 23.8. The van der Waals surface area contributed by atoms with E-state index in [1.54, 1.807) is 24.3 Å². The van der Waals surface area contributed by atoms with E-state index in [2.05, 4.69) is 10.6 Å². The predicted octanol–water partition coefficient (Wildman–Crippen LogP) is 4.74. The number of rotatable bonds is 7. The van der Waals surface area contributed by atoms with Crippen molar-refractivity contribution in [3.05, 3.63) is 93.5 Å². The minimum Gasteiger partial charge on any atom is -0.478 e. The van der Waals surface area contributed by atoms with Crippen molar-refractivity contribution in [3.8, 4) is 0 Å². The lowest BCUT2D eigenvalue weighted by atomic mass is 10.1. The van der Waals surface area contributed by atoms with Gasteiger partial charge in [0, 0.05) is 5.69 Å². The van der Waals surface area contributed by atoms with Crippen molar-refractivity contribution >= 4 is 58.3 Å². The highest BCUT2D eigenvalue weighted by Gasteiger charge is 2.16. The van der Waals surface area contributed by atoms with Crippen molar-refractivity contribution in [3.63, 3.8) is 0 Å². The Kier molecular flexibility index (Phi) is 7.66. The molecule has 168 valence electrons. The molecule has 0 bridgehead atoms. The van der Waals surface area contributed by atoms with Crippen LogP contribution in [0, 0.1) is 0 Å². The molecule has 3 aromatic carbocycles. The summed E-state index contributed by atoms with van der Waals surface area (Å²) < 4.78 is 4.98. The fraction of sp³-hybridized carbons (Fsp3) is 0.0435. The molecule has 0 aliphatic carbocycles. The summed E-state index contributed by atoms with van der Waals surface area (Å²) >= 11 is 11.9. The van der Waals surface area contributed by atoms with Crippen LogP contribution in [-0.2, 0) is 9.53 Å². The summed E-state index contributed by atoms with van der Waals surface area (Å²) in [5.41, 5.74) is 0.638. The highest BCUT2D eigenvalue weighted by molar-refractivity contribution is 6.44. The normalized spacial score (nSPS) is 10.2. The molecular formula is C23H16Cl2N2O6. The van der Waals surface area contributed by atoms with Crippen LogP contribution < -0.4 is 10.6 Å². The first-order valence-corrected chi connectivity index (χ1v) is 10.2. The van der Waals surface area contributed by atoms with E-state index in [1.165, 1.54) is 42.5 Å². The van der Waals surface area contributed by atoms with Crippen LogP contribution in [0.5, 0.6) is 0 Å². The predicted molar refractivity (Wildman–Crippen MR) is 123 cm³/mol. The molecule has 0 aliphatic rings. The summed E-state index contributed by atoms with van der Waals surface area (Å²) in [6, 6.07) is 16.2. The van der Waals surface area contributed by atoms with Crippen LogP contribution in [0.2, 0.25) is 10.0 Å². The number of ether oxygens (including phenoxy) is 1. The van der Waals surface area contributed by atoms with Gasteiger partial charge >= 0.3 is 11.9 Å². The molecule has 3 aromatic rings. The van der Waals surface area contributed by atoms with E-state index in [4.69, 9.17) is 27.9 Å². The van der Waals surface area contributed by atoms with Crippen LogP contribution >= 0.6 is 23.2 Å². The molecule has 8 nitrogen and oxygen atoms in total. The molecule has 0 aliphatic heterocycles. The van der Waals surface area contributed by atoms with Gasteiger partial charge in [-0.2, -0.15) is 0 Å². The number of carbonyl (C=O) groups excluding carboxylic acids is 3. The SMILES string of the molecule is O=C(COC(=O)c1ccc(NC(=O)c2ccccc2C(=O)O)cc1)Nc1cccc(Cl)c1Cl. The van der Waals surface area contributed by atoms with Crippen molar-refractivity contribution in [1.82, 2.24) is 0 Å². The van der Waals surface area contributed by atoms with Crippen molar-refractivity contribution in [2.75, 3.05) is 17.2 Å². The van der Waals surface area contributed by atoms with Gasteiger partial charge in [0.15, 0.2) is 6.61 Å². The number of aromatic carboxylic acids is 1. The maximum Gasteiger partial charge on any atom is 0.338 e. The molecule has 0 aromatic heterocycles. The van der Waals surface area contributed by atoms with E-state index in [0.29, 0.717) is 5.69 Å². The fourth-order valence-electron chi connectivity index (χ4n) is 2.76. The van der Waals surface area contributed by atoms with Crippen molar-refractivity contribution in [1.29, 1.82) is 0 Å². The lowest BCUT2D eigenvalue weighted by Gasteiger charge is -2.10. The number of carboxylic acid groups (broad SMARTS) is 1. The Morgan fingerprint density at radius 1 is 0.818 bits per heavy atom. The summed E-state index contributed by atoms with van der Waals surface area (Å²) in [4.78, 5) is 47.9. The Bertz CT molecular complexity index is 1230. The fourth-order valence-corrected chi connectivity index (χ4v) is 3.10. The van der Waals surface area contributed by atoms with E-state index in [1.807, 2.05) is 0 Å². The van der Waals surface area contributed by atoms with E-state index in [0.717, 1.165) is 0 Å². The molecule has 3 N–H and O–H groups in total. The van der Waals surface area contributed by atoms with Crippen molar-refractivity contribution in [2.45, 2.75) is 0 Å². The average molecular weight is 487 g/mol. The number of esters is 1. The van der Waals surface area contributed by atoms with Crippen LogP contribution in [0.4, 0.5) is 11.4 Å². The molecule has 0 radical (unpaired) electrons. The number of carbonyl (C=O) groups is 4. The van der Waals surface area contributed by atoms with Gasteiger partial charge < -0.3 is 20.5 Å². The lowest BCUT2D eigenvalue weighted by Crippen LogP contribution is -2.21. The second-order valence-corrected chi connectivity index (χ2v) is 7.39. The monoisotopic (exact) mass is 486 g/mol. The number of amides is 2. The van der Waals surface area contributed by atoms with Crippen LogP contribution in [-0.4, -0.2) is 35.5 Å². The van der Waals surface area contributed by atoms with Gasteiger partial charge in [0.25, 0.3) is 11.8 Å². The summed E-state index contributed by atoms with van der Waals surface area (Å²) in [7, 11) is 0. The average Bonchev–Trinajstić information content (AvgIpc) is 2.81. The minimum absolute atomic E-state index is 0.000643. The quantitative estimate of drug-likeness (QED) is 0.414. The third kappa shape index (κ3) is 6.09. The molecule has 0 spiro atoms. The molecule has 3 rings (SSSR count). The first-order chi connectivity index (χ1) is 15.8. The highest BCUT2D eigenvalue weighted by atomic mass is 35.5. The summed E-state index contributed by atoms with van der Waals surface area (Å²) in [6.45, 7) is -0.549. The van der Waals surface area contributed by atoms with Gasteiger partial charge in [0.05, 0.1) is 32.4 Å². The van der Waals surface area contributed by atoms with Crippen LogP contribution in [0.15, 0.2) is 66.7 Å². The van der Waals surface area contributed by atoms with Crippen LogP contribution in [0.3, 0.4) is 0 Å². The third-order valence-electron chi connectivity index (χ3n) is 4.34. The number of hydrogen-bond donors (Lipinski definition) is 3. The van der Waals surface area contributed by atoms with Crippen molar-refractivity contribution < 1.29 is 29.0 Å². The van der Waals surface area contributed by atoms with Gasteiger partial charge in [-0.05, 0) is 48.5 Å². The molecule has 10 heteroatoms. The van der Waals surface area contributed by atoms with E-state index < -0.39 is 30.4 Å². The minimum atomic E-state index is -1.22. The van der Waals surface area contributed by atoms with Gasteiger partial charge in [-0.1, -0.05) is 41.4 Å². The number of carboxylic acids is 1. The zero-order chi connectivity index (χ0) is 24.0. The summed E-state index contributed by atoms with van der Waals surface area (Å²) in [6.07, 6.45) is 0. The van der Waals surface area contributed by atoms with Crippen LogP contribution in [0.1, 0.15) is 31.1 Å². The van der Waals surface area contributed by atoms with Gasteiger partial charge in [0.1, 0.15) is 0 Å². The summed E-state index contributed by atoms with van der Waals surface area (Å²) in [5, 5.41) is 14.7. The standard InChI is InChI=1S/C23H16Cl2N2O6/c24-17-6-3-7-18(20(17)25)27-19(28)12-33-23(32)13-8-10-14(11-9-13)26-21(29)15-4-1-2-5-16(15)22(30)31/h1-11H,12H2,(H,26,29)(H,27,28)(H,30,31). The molecule has 0 saturated carbocycles. The number of hydrogen-bond acceptors (Lipinski definition) is 5. The molecule has 0 atom stereocenters. The Morgan fingerprint density at radius 2 is 1.48 bits per heavy atom. The first-order valence-electron chi connectivity index (χ1n) is 9.41. The molecular weight excluding hydrogens is 471 g/mol. The maximum absolute atomic E-state index is 12.4. The Morgan fingerprint density at radius 3 is 2.15 bits per heavy atom. The smallest absolute Gasteiger partial charge is 0.338 e. The van der Waals surface area contributed by atoms with Gasteiger partial charge in [-0.15, -0.1) is 0 Å². The zero-order valence-corrected chi connectivity index (χ0v) is 18.3. The second kappa shape index (κ2) is 10.6. The van der Waals surface area contributed by atoms with E-state index >= 15 is 0 Å². The van der Waals surface area contributed by atoms with E-state index in [-0.39, 0.29) is 32.4 Å². The van der Waals surface area contributed by atoms with Gasteiger partial charge in [-0.3, -0.25) is 9.59 Å². The molecule has 0 heterocycles. The Hall–Kier alpha value is -3.88. The second-order valence-electron chi connectivity index (χ2n) is 6.61. The molecule has 0 unspecified atom stereocenters. The van der Waals surface area contributed by atoms with E-state index in [9.17, 15) is 24.3 Å². The van der Waals surface area contributed by atoms with Crippen LogP contribution in [0.25, 0.3) is 0 Å². The Balaban J connectivity index is 1.57. The number of halogens is 2. The van der Waals surface area contributed by atoms with Crippen molar-refractivity contribution in [2.24, 2.45) is 0 Å². The topological polar surface area (TPSA) is 122 Å². The molecule has 0 fully saturated rings.